The van der Waals surface area contributed by atoms with Gasteiger partial charge in [-0.05, 0) is 38.4 Å². The standard InChI is InChI=1S/C15H16N4/c1-19(2)10-12-14(11-5-3-7-16-9-11)18-13-6-4-8-17-15(12)13/h3-9,18H,10H2,1-2H3. The lowest BCUT2D eigenvalue weighted by Crippen LogP contribution is -2.11. The molecule has 0 amide bonds. The zero-order valence-electron chi connectivity index (χ0n) is 11.1. The molecule has 0 bridgehead atoms. The first-order chi connectivity index (χ1) is 9.25. The molecule has 3 aromatic rings. The molecule has 0 aromatic carbocycles. The summed E-state index contributed by atoms with van der Waals surface area (Å²) in [6.07, 6.45) is 5.50. The third kappa shape index (κ3) is 2.22. The number of fused-ring (bicyclic) bond motifs is 1. The summed E-state index contributed by atoms with van der Waals surface area (Å²) >= 11 is 0. The van der Waals surface area contributed by atoms with Gasteiger partial charge in [-0.3, -0.25) is 9.97 Å². The monoisotopic (exact) mass is 252 g/mol. The highest BCUT2D eigenvalue weighted by Gasteiger charge is 2.14. The first-order valence-corrected chi connectivity index (χ1v) is 6.26. The van der Waals surface area contributed by atoms with Crippen LogP contribution in [0.2, 0.25) is 0 Å². The Hall–Kier alpha value is -2.20. The van der Waals surface area contributed by atoms with E-state index >= 15 is 0 Å². The second-order valence-corrected chi connectivity index (χ2v) is 4.86. The maximum absolute atomic E-state index is 4.50. The fraction of sp³-hybridized carbons (Fsp3) is 0.200. The SMILES string of the molecule is CN(C)Cc1c(-c2cccnc2)[nH]c2cccnc12. The van der Waals surface area contributed by atoms with Crippen LogP contribution >= 0.6 is 0 Å². The summed E-state index contributed by atoms with van der Waals surface area (Å²) in [5.41, 5.74) is 5.52. The third-order valence-corrected chi connectivity index (χ3v) is 3.08. The number of H-pyrrole nitrogens is 1. The molecular weight excluding hydrogens is 236 g/mol. The molecule has 3 heterocycles. The predicted octanol–water partition coefficient (Wildman–Crippen LogP) is 2.69. The normalized spacial score (nSPS) is 11.3. The van der Waals surface area contributed by atoms with Crippen molar-refractivity contribution in [3.05, 3.63) is 48.4 Å². The summed E-state index contributed by atoms with van der Waals surface area (Å²) in [4.78, 5) is 14.3. The van der Waals surface area contributed by atoms with E-state index in [9.17, 15) is 0 Å². The van der Waals surface area contributed by atoms with Crippen molar-refractivity contribution in [3.63, 3.8) is 0 Å². The lowest BCUT2D eigenvalue weighted by molar-refractivity contribution is 0.404. The molecule has 3 aromatic heterocycles. The molecule has 0 aliphatic heterocycles. The van der Waals surface area contributed by atoms with Crippen LogP contribution < -0.4 is 0 Å². The van der Waals surface area contributed by atoms with Gasteiger partial charge in [0.15, 0.2) is 0 Å². The molecule has 0 aliphatic rings. The quantitative estimate of drug-likeness (QED) is 0.779. The van der Waals surface area contributed by atoms with E-state index < -0.39 is 0 Å². The van der Waals surface area contributed by atoms with E-state index in [0.29, 0.717) is 0 Å². The van der Waals surface area contributed by atoms with Gasteiger partial charge in [0.2, 0.25) is 0 Å². The van der Waals surface area contributed by atoms with E-state index in [0.717, 1.165) is 28.8 Å². The molecular formula is C15H16N4. The third-order valence-electron chi connectivity index (χ3n) is 3.08. The maximum atomic E-state index is 4.50. The van der Waals surface area contributed by atoms with Gasteiger partial charge in [0.05, 0.1) is 16.7 Å². The molecule has 0 unspecified atom stereocenters. The van der Waals surface area contributed by atoms with Gasteiger partial charge < -0.3 is 9.88 Å². The zero-order valence-corrected chi connectivity index (χ0v) is 11.1. The highest BCUT2D eigenvalue weighted by atomic mass is 15.1. The lowest BCUT2D eigenvalue weighted by atomic mass is 10.1. The average Bonchev–Trinajstić information content (AvgIpc) is 2.78. The van der Waals surface area contributed by atoms with Crippen LogP contribution in [0.4, 0.5) is 0 Å². The van der Waals surface area contributed by atoms with Crippen LogP contribution in [-0.2, 0) is 6.54 Å². The van der Waals surface area contributed by atoms with Gasteiger partial charge in [0.1, 0.15) is 0 Å². The largest absolute Gasteiger partial charge is 0.353 e. The van der Waals surface area contributed by atoms with Crippen molar-refractivity contribution < 1.29 is 0 Å². The zero-order chi connectivity index (χ0) is 13.2. The highest BCUT2D eigenvalue weighted by Crippen LogP contribution is 2.29. The first-order valence-electron chi connectivity index (χ1n) is 6.26. The Morgan fingerprint density at radius 2 is 2.00 bits per heavy atom. The fourth-order valence-corrected chi connectivity index (χ4v) is 2.30. The van der Waals surface area contributed by atoms with Crippen molar-refractivity contribution in [2.24, 2.45) is 0 Å². The Bertz CT molecular complexity index is 686. The van der Waals surface area contributed by atoms with Crippen molar-refractivity contribution in [2.75, 3.05) is 14.1 Å². The van der Waals surface area contributed by atoms with Gasteiger partial charge in [-0.1, -0.05) is 0 Å². The van der Waals surface area contributed by atoms with Crippen LogP contribution in [0.5, 0.6) is 0 Å². The Morgan fingerprint density at radius 3 is 2.74 bits per heavy atom. The average molecular weight is 252 g/mol. The van der Waals surface area contributed by atoms with E-state index in [1.807, 2.05) is 24.5 Å². The minimum atomic E-state index is 0.848. The second kappa shape index (κ2) is 4.82. The number of aromatic nitrogens is 3. The molecule has 0 saturated heterocycles. The van der Waals surface area contributed by atoms with Gasteiger partial charge in [-0.25, -0.2) is 0 Å². The molecule has 0 fully saturated rings. The van der Waals surface area contributed by atoms with Crippen LogP contribution in [-0.4, -0.2) is 33.9 Å². The van der Waals surface area contributed by atoms with Gasteiger partial charge in [-0.15, -0.1) is 0 Å². The van der Waals surface area contributed by atoms with Crippen molar-refractivity contribution in [2.45, 2.75) is 6.54 Å². The van der Waals surface area contributed by atoms with Crippen molar-refractivity contribution in [1.29, 1.82) is 0 Å². The number of nitrogens with zero attached hydrogens (tertiary/aromatic N) is 3. The summed E-state index contributed by atoms with van der Waals surface area (Å²) in [6.45, 7) is 0.848. The fourth-order valence-electron chi connectivity index (χ4n) is 2.30. The molecule has 96 valence electrons. The summed E-state index contributed by atoms with van der Waals surface area (Å²) < 4.78 is 0. The second-order valence-electron chi connectivity index (χ2n) is 4.86. The van der Waals surface area contributed by atoms with Gasteiger partial charge in [0.25, 0.3) is 0 Å². The Morgan fingerprint density at radius 1 is 1.16 bits per heavy atom. The van der Waals surface area contributed by atoms with Crippen molar-refractivity contribution >= 4 is 11.0 Å². The van der Waals surface area contributed by atoms with Crippen molar-refractivity contribution in [1.82, 2.24) is 19.9 Å². The van der Waals surface area contributed by atoms with Gasteiger partial charge in [0, 0.05) is 36.3 Å². The summed E-state index contributed by atoms with van der Waals surface area (Å²) in [6, 6.07) is 8.03. The van der Waals surface area contributed by atoms with Crippen LogP contribution in [0.3, 0.4) is 0 Å². The Labute approximate surface area is 112 Å². The van der Waals surface area contributed by atoms with E-state index in [1.54, 1.807) is 6.20 Å². The minimum absolute atomic E-state index is 0.848. The minimum Gasteiger partial charge on any atom is -0.353 e. The van der Waals surface area contributed by atoms with Crippen LogP contribution in [0.1, 0.15) is 5.56 Å². The number of nitrogens with one attached hydrogen (secondary N) is 1. The predicted molar refractivity (Wildman–Crippen MR) is 76.7 cm³/mol. The van der Waals surface area contributed by atoms with E-state index in [2.05, 4.69) is 46.1 Å². The number of hydrogen-bond donors (Lipinski definition) is 1. The first kappa shape index (κ1) is 11.9. The van der Waals surface area contributed by atoms with Gasteiger partial charge in [-0.2, -0.15) is 0 Å². The topological polar surface area (TPSA) is 44.8 Å². The molecule has 0 saturated carbocycles. The van der Waals surface area contributed by atoms with E-state index in [-0.39, 0.29) is 0 Å². The molecule has 0 radical (unpaired) electrons. The van der Waals surface area contributed by atoms with E-state index in [4.69, 9.17) is 0 Å². The smallest absolute Gasteiger partial charge is 0.0930 e. The molecule has 3 rings (SSSR count). The molecule has 0 atom stereocenters. The number of hydrogen-bond acceptors (Lipinski definition) is 3. The Kier molecular flexibility index (Phi) is 3.01. The molecule has 19 heavy (non-hydrogen) atoms. The molecule has 4 heteroatoms. The molecule has 0 spiro atoms. The van der Waals surface area contributed by atoms with Crippen LogP contribution in [0.15, 0.2) is 42.9 Å². The molecule has 1 N–H and O–H groups in total. The van der Waals surface area contributed by atoms with E-state index in [1.165, 1.54) is 5.56 Å². The van der Waals surface area contributed by atoms with Crippen LogP contribution in [0.25, 0.3) is 22.3 Å². The lowest BCUT2D eigenvalue weighted by Gasteiger charge is -2.10. The summed E-state index contributed by atoms with van der Waals surface area (Å²) in [5.74, 6) is 0. The van der Waals surface area contributed by atoms with Crippen molar-refractivity contribution in [3.8, 4) is 11.3 Å². The molecule has 0 aliphatic carbocycles. The summed E-state index contributed by atoms with van der Waals surface area (Å²) in [7, 11) is 4.13. The number of aromatic amines is 1. The Balaban J connectivity index is 2.23. The molecule has 4 nitrogen and oxygen atoms in total. The maximum Gasteiger partial charge on any atom is 0.0930 e. The highest BCUT2D eigenvalue weighted by molar-refractivity contribution is 5.87. The van der Waals surface area contributed by atoms with Gasteiger partial charge >= 0.3 is 0 Å². The number of rotatable bonds is 3. The number of pyridine rings is 2. The summed E-state index contributed by atoms with van der Waals surface area (Å²) in [5, 5.41) is 0. The van der Waals surface area contributed by atoms with Crippen LogP contribution in [0, 0.1) is 0 Å².